The number of likely N-dealkylation sites (tertiary alicyclic amines) is 1. The molecule has 0 bridgehead atoms. The minimum atomic E-state index is -4.36. The van der Waals surface area contributed by atoms with E-state index in [0.717, 1.165) is 51.0 Å². The molecular weight excluding hydrogens is 521 g/mol. The van der Waals surface area contributed by atoms with Gasteiger partial charge in [-0.25, -0.2) is 9.59 Å². The van der Waals surface area contributed by atoms with E-state index >= 15 is 0 Å². The SMILES string of the molecule is O=C(O)C(=O)O.O=C1N(c2ccc(C(F)(F)F)cc2)CCC12CCN(CCC1CCCc3sccc31)CC2. The molecule has 1 aliphatic carbocycles. The van der Waals surface area contributed by atoms with Gasteiger partial charge in [-0.2, -0.15) is 13.2 Å². The Morgan fingerprint density at radius 3 is 2.24 bits per heavy atom. The molecule has 1 atom stereocenters. The van der Waals surface area contributed by atoms with E-state index in [1.165, 1.54) is 37.8 Å². The van der Waals surface area contributed by atoms with Gasteiger partial charge >= 0.3 is 18.1 Å². The van der Waals surface area contributed by atoms with Gasteiger partial charge in [0.1, 0.15) is 0 Å². The molecule has 3 aliphatic rings. The molecule has 1 unspecified atom stereocenters. The molecule has 3 heterocycles. The first-order valence-electron chi connectivity index (χ1n) is 12.7. The maximum absolute atomic E-state index is 13.3. The lowest BCUT2D eigenvalue weighted by Crippen LogP contribution is -2.45. The molecule has 0 saturated carbocycles. The monoisotopic (exact) mass is 552 g/mol. The first-order chi connectivity index (χ1) is 18.0. The Hall–Kier alpha value is -2.92. The van der Waals surface area contributed by atoms with Gasteiger partial charge in [0.15, 0.2) is 0 Å². The van der Waals surface area contributed by atoms with Crippen LogP contribution in [0, 0.1) is 5.41 Å². The number of aliphatic carboxylic acids is 2. The fourth-order valence-electron chi connectivity index (χ4n) is 5.79. The van der Waals surface area contributed by atoms with Crippen molar-refractivity contribution in [1.29, 1.82) is 0 Å². The minimum Gasteiger partial charge on any atom is -0.473 e. The topological polar surface area (TPSA) is 98.1 Å². The van der Waals surface area contributed by atoms with Crippen LogP contribution in [0.5, 0.6) is 0 Å². The van der Waals surface area contributed by atoms with Crippen LogP contribution in [0.4, 0.5) is 18.9 Å². The number of hydrogen-bond acceptors (Lipinski definition) is 5. The van der Waals surface area contributed by atoms with Crippen molar-refractivity contribution < 1.29 is 37.8 Å². The number of aryl methyl sites for hydroxylation is 1. The molecule has 11 heteroatoms. The Morgan fingerprint density at radius 2 is 1.63 bits per heavy atom. The average Bonchev–Trinajstić information content (AvgIpc) is 3.49. The Bertz CT molecular complexity index is 1140. The summed E-state index contributed by atoms with van der Waals surface area (Å²) in [7, 11) is 0. The zero-order valence-electron chi connectivity index (χ0n) is 20.9. The van der Waals surface area contributed by atoms with Crippen LogP contribution >= 0.6 is 11.3 Å². The van der Waals surface area contributed by atoms with Crippen molar-refractivity contribution in [3.05, 3.63) is 51.7 Å². The van der Waals surface area contributed by atoms with Crippen LogP contribution in [0.2, 0.25) is 0 Å². The molecule has 2 saturated heterocycles. The molecule has 1 aromatic carbocycles. The maximum Gasteiger partial charge on any atom is 0.416 e. The molecule has 5 rings (SSSR count). The lowest BCUT2D eigenvalue weighted by atomic mass is 9.77. The molecule has 206 valence electrons. The first kappa shape index (κ1) is 28.1. The zero-order valence-corrected chi connectivity index (χ0v) is 21.7. The lowest BCUT2D eigenvalue weighted by Gasteiger charge is -2.38. The largest absolute Gasteiger partial charge is 0.473 e. The highest BCUT2D eigenvalue weighted by Crippen LogP contribution is 2.44. The summed E-state index contributed by atoms with van der Waals surface area (Å²) in [5, 5.41) is 17.0. The van der Waals surface area contributed by atoms with E-state index in [4.69, 9.17) is 19.8 Å². The Kier molecular flexibility index (Phi) is 8.46. The third-order valence-electron chi connectivity index (χ3n) is 7.99. The molecule has 1 amide bonds. The highest BCUT2D eigenvalue weighted by Gasteiger charge is 2.48. The summed E-state index contributed by atoms with van der Waals surface area (Å²) in [6.07, 6.45) is 3.10. The second kappa shape index (κ2) is 11.4. The molecule has 2 fully saturated rings. The number of amides is 1. The van der Waals surface area contributed by atoms with Gasteiger partial charge in [-0.1, -0.05) is 0 Å². The van der Waals surface area contributed by atoms with Crippen molar-refractivity contribution in [3.8, 4) is 0 Å². The second-order valence-corrected chi connectivity index (χ2v) is 11.2. The quantitative estimate of drug-likeness (QED) is 0.503. The van der Waals surface area contributed by atoms with Gasteiger partial charge in [0.25, 0.3) is 0 Å². The number of hydrogen-bond donors (Lipinski definition) is 2. The van der Waals surface area contributed by atoms with Gasteiger partial charge in [-0.15, -0.1) is 11.3 Å². The van der Waals surface area contributed by atoms with Gasteiger partial charge < -0.3 is 20.0 Å². The number of carbonyl (C=O) groups excluding carboxylic acids is 1. The number of fused-ring (bicyclic) bond motifs is 1. The summed E-state index contributed by atoms with van der Waals surface area (Å²) in [5.41, 5.74) is 1.12. The number of carboxylic acids is 2. The molecule has 2 aliphatic heterocycles. The van der Waals surface area contributed by atoms with Crippen molar-refractivity contribution in [2.24, 2.45) is 5.41 Å². The summed E-state index contributed by atoms with van der Waals surface area (Å²) in [6, 6.07) is 7.30. The predicted molar refractivity (Wildman–Crippen MR) is 136 cm³/mol. The number of piperidine rings is 1. The van der Waals surface area contributed by atoms with Crippen LogP contribution in [0.3, 0.4) is 0 Å². The van der Waals surface area contributed by atoms with E-state index in [0.29, 0.717) is 18.2 Å². The maximum atomic E-state index is 13.3. The van der Waals surface area contributed by atoms with Crippen molar-refractivity contribution in [2.75, 3.05) is 31.1 Å². The smallest absolute Gasteiger partial charge is 0.416 e. The van der Waals surface area contributed by atoms with Gasteiger partial charge in [0.2, 0.25) is 5.91 Å². The van der Waals surface area contributed by atoms with Gasteiger partial charge in [-0.05, 0) is 112 Å². The number of carboxylic acid groups (broad SMARTS) is 2. The van der Waals surface area contributed by atoms with Crippen molar-refractivity contribution in [1.82, 2.24) is 4.90 Å². The molecule has 38 heavy (non-hydrogen) atoms. The number of thiophene rings is 1. The standard InChI is InChI=1S/C25H29F3N2OS.C2H2O4/c26-25(27,28)19-4-6-20(7-5-19)30-16-12-24(23(30)31)10-14-29(15-11-24)13-8-18-2-1-3-22-21(18)9-17-32-22;3-1(4)2(5)6/h4-7,9,17-18H,1-3,8,10-16H2;(H,3,4)(H,5,6). The van der Waals surface area contributed by atoms with Crippen molar-refractivity contribution in [3.63, 3.8) is 0 Å². The van der Waals surface area contributed by atoms with Gasteiger partial charge in [-0.3, -0.25) is 4.79 Å². The normalized spacial score (nSPS) is 21.1. The average molecular weight is 553 g/mol. The van der Waals surface area contributed by atoms with Crippen LogP contribution < -0.4 is 4.90 Å². The number of anilines is 1. The van der Waals surface area contributed by atoms with Crippen molar-refractivity contribution >= 4 is 34.9 Å². The van der Waals surface area contributed by atoms with Gasteiger partial charge in [0.05, 0.1) is 11.0 Å². The lowest BCUT2D eigenvalue weighted by molar-refractivity contribution is -0.159. The van der Waals surface area contributed by atoms with Crippen LogP contribution in [0.1, 0.15) is 60.4 Å². The first-order valence-corrected chi connectivity index (χ1v) is 13.6. The third-order valence-corrected chi connectivity index (χ3v) is 8.98. The predicted octanol–water partition coefficient (Wildman–Crippen LogP) is 5.25. The highest BCUT2D eigenvalue weighted by atomic mass is 32.1. The molecule has 1 spiro atoms. The zero-order chi connectivity index (χ0) is 27.5. The van der Waals surface area contributed by atoms with E-state index < -0.39 is 23.7 Å². The van der Waals surface area contributed by atoms with Crippen LogP contribution in [-0.4, -0.2) is 59.1 Å². The second-order valence-electron chi connectivity index (χ2n) is 10.2. The molecule has 2 N–H and O–H groups in total. The summed E-state index contributed by atoms with van der Waals surface area (Å²) < 4.78 is 38.5. The number of carbonyl (C=O) groups is 3. The van der Waals surface area contributed by atoms with Crippen LogP contribution in [-0.2, 0) is 27.0 Å². The number of benzene rings is 1. The molecule has 2 aromatic rings. The third kappa shape index (κ3) is 6.20. The summed E-state index contributed by atoms with van der Waals surface area (Å²) in [4.78, 5) is 37.2. The fourth-order valence-corrected chi connectivity index (χ4v) is 6.80. The van der Waals surface area contributed by atoms with E-state index in [9.17, 15) is 18.0 Å². The van der Waals surface area contributed by atoms with E-state index in [-0.39, 0.29) is 11.3 Å². The van der Waals surface area contributed by atoms with Crippen LogP contribution in [0.25, 0.3) is 0 Å². The number of rotatable bonds is 4. The molecule has 7 nitrogen and oxygen atoms in total. The summed E-state index contributed by atoms with van der Waals surface area (Å²) >= 11 is 1.89. The van der Waals surface area contributed by atoms with Crippen molar-refractivity contribution in [2.45, 2.75) is 57.0 Å². The van der Waals surface area contributed by atoms with Crippen LogP contribution in [0.15, 0.2) is 35.7 Å². The summed E-state index contributed by atoms with van der Waals surface area (Å²) in [5.74, 6) is -2.89. The van der Waals surface area contributed by atoms with E-state index in [2.05, 4.69) is 16.3 Å². The number of alkyl halides is 3. The molecular formula is C27H31F3N2O5S. The summed E-state index contributed by atoms with van der Waals surface area (Å²) in [6.45, 7) is 3.52. The molecule has 1 aromatic heterocycles. The Balaban J connectivity index is 0.000000505. The fraction of sp³-hybridized carbons (Fsp3) is 0.519. The molecule has 0 radical (unpaired) electrons. The van der Waals surface area contributed by atoms with E-state index in [1.54, 1.807) is 15.3 Å². The highest BCUT2D eigenvalue weighted by molar-refractivity contribution is 7.10. The van der Waals surface area contributed by atoms with E-state index in [1.807, 2.05) is 11.3 Å². The Labute approximate surface area is 222 Å². The number of halogens is 3. The minimum absolute atomic E-state index is 0.0899. The number of nitrogens with zero attached hydrogens (tertiary/aromatic N) is 2. The van der Waals surface area contributed by atoms with Gasteiger partial charge in [0, 0.05) is 17.1 Å². The Morgan fingerprint density at radius 1 is 1.00 bits per heavy atom.